The van der Waals surface area contributed by atoms with Crippen LogP contribution in [0.2, 0.25) is 0 Å². The van der Waals surface area contributed by atoms with Crippen LogP contribution >= 0.6 is 0 Å². The summed E-state index contributed by atoms with van der Waals surface area (Å²) in [6, 6.07) is -0.717. The maximum Gasteiger partial charge on any atom is 0.407 e. The van der Waals surface area contributed by atoms with Crippen molar-refractivity contribution in [3.05, 3.63) is 0 Å². The predicted molar refractivity (Wildman–Crippen MR) is 62.6 cm³/mol. The van der Waals surface area contributed by atoms with Gasteiger partial charge in [-0.15, -0.1) is 0 Å². The van der Waals surface area contributed by atoms with Gasteiger partial charge < -0.3 is 15.2 Å². The molecule has 1 aliphatic carbocycles. The minimum absolute atomic E-state index is 0.117. The molecule has 0 spiro atoms. The van der Waals surface area contributed by atoms with E-state index in [2.05, 4.69) is 5.32 Å². The first-order valence-electron chi connectivity index (χ1n) is 6.21. The minimum Gasteiger partial charge on any atom is -0.444 e. The SMILES string of the molecule is CC(C)(C)OC(=O)N[C@@H]1C[C@H](O)C[C@H](C(F)(F)F)C1. The standard InChI is InChI=1S/C12H20F3NO3/c1-11(2,3)19-10(18)16-8-4-7(12(13,14)15)5-9(17)6-8/h7-9,17H,4-6H2,1-3H3,(H,16,18)/t7-,8+,9-/m1/s1. The molecule has 1 saturated carbocycles. The lowest BCUT2D eigenvalue weighted by molar-refractivity contribution is -0.191. The number of aliphatic hydroxyl groups is 1. The second-order valence-electron chi connectivity index (χ2n) is 5.94. The maximum absolute atomic E-state index is 12.6. The molecule has 7 heteroatoms. The van der Waals surface area contributed by atoms with Crippen LogP contribution < -0.4 is 5.32 Å². The molecule has 0 aromatic carbocycles. The third-order valence-corrected chi connectivity index (χ3v) is 2.87. The first kappa shape index (κ1) is 16.1. The zero-order valence-electron chi connectivity index (χ0n) is 11.3. The van der Waals surface area contributed by atoms with Gasteiger partial charge in [0.2, 0.25) is 0 Å². The number of carbonyl (C=O) groups is 1. The average Bonchev–Trinajstić information content (AvgIpc) is 2.11. The van der Waals surface area contributed by atoms with Crippen LogP contribution in [0.3, 0.4) is 0 Å². The lowest BCUT2D eigenvalue weighted by Crippen LogP contribution is -2.47. The number of hydrogen-bond acceptors (Lipinski definition) is 3. The fourth-order valence-corrected chi connectivity index (χ4v) is 2.15. The largest absolute Gasteiger partial charge is 0.444 e. The summed E-state index contributed by atoms with van der Waals surface area (Å²) in [7, 11) is 0. The Bertz CT molecular complexity index is 325. The number of nitrogens with one attached hydrogen (secondary N) is 1. The van der Waals surface area contributed by atoms with E-state index >= 15 is 0 Å². The molecule has 1 fully saturated rings. The predicted octanol–water partition coefficient (Wildman–Crippen LogP) is 2.60. The third-order valence-electron chi connectivity index (χ3n) is 2.87. The van der Waals surface area contributed by atoms with Gasteiger partial charge in [-0.2, -0.15) is 13.2 Å². The Morgan fingerprint density at radius 2 is 1.79 bits per heavy atom. The highest BCUT2D eigenvalue weighted by atomic mass is 19.4. The Kier molecular flexibility index (Phi) is 4.71. The highest BCUT2D eigenvalue weighted by molar-refractivity contribution is 5.68. The van der Waals surface area contributed by atoms with Crippen LogP contribution in [0.4, 0.5) is 18.0 Å². The number of rotatable bonds is 1. The van der Waals surface area contributed by atoms with E-state index in [9.17, 15) is 23.1 Å². The van der Waals surface area contributed by atoms with Gasteiger partial charge in [-0.1, -0.05) is 0 Å². The normalized spacial score (nSPS) is 28.9. The molecule has 0 saturated heterocycles. The molecule has 3 atom stereocenters. The summed E-state index contributed by atoms with van der Waals surface area (Å²) in [5.41, 5.74) is -0.708. The quantitative estimate of drug-likeness (QED) is 0.777. The maximum atomic E-state index is 12.6. The Balaban J connectivity index is 2.56. The van der Waals surface area contributed by atoms with E-state index in [0.717, 1.165) is 0 Å². The first-order chi connectivity index (χ1) is 8.47. The number of halogens is 3. The average molecular weight is 283 g/mol. The molecule has 1 rings (SSSR count). The van der Waals surface area contributed by atoms with Crippen molar-refractivity contribution in [1.29, 1.82) is 0 Å². The summed E-state index contributed by atoms with van der Waals surface area (Å²) in [6.45, 7) is 5.00. The van der Waals surface area contributed by atoms with Crippen molar-refractivity contribution in [1.82, 2.24) is 5.32 Å². The smallest absolute Gasteiger partial charge is 0.407 e. The molecule has 0 aromatic heterocycles. The molecule has 19 heavy (non-hydrogen) atoms. The van der Waals surface area contributed by atoms with Gasteiger partial charge in [0.25, 0.3) is 0 Å². The van der Waals surface area contributed by atoms with Crippen molar-refractivity contribution >= 4 is 6.09 Å². The number of aliphatic hydroxyl groups excluding tert-OH is 1. The fraction of sp³-hybridized carbons (Fsp3) is 0.917. The molecule has 4 nitrogen and oxygen atoms in total. The molecule has 0 aliphatic heterocycles. The number of amides is 1. The van der Waals surface area contributed by atoms with Crippen LogP contribution in [-0.4, -0.2) is 35.1 Å². The van der Waals surface area contributed by atoms with E-state index in [0.29, 0.717) is 0 Å². The topological polar surface area (TPSA) is 58.6 Å². The molecular formula is C12H20F3NO3. The zero-order valence-corrected chi connectivity index (χ0v) is 11.3. The summed E-state index contributed by atoms with van der Waals surface area (Å²) in [5.74, 6) is -1.59. The Labute approximate surface area is 110 Å². The van der Waals surface area contributed by atoms with E-state index in [1.54, 1.807) is 20.8 Å². The van der Waals surface area contributed by atoms with E-state index in [4.69, 9.17) is 4.74 Å². The van der Waals surface area contributed by atoms with Crippen molar-refractivity contribution in [2.45, 2.75) is 64.0 Å². The Morgan fingerprint density at radius 1 is 1.21 bits per heavy atom. The van der Waals surface area contributed by atoms with E-state index in [-0.39, 0.29) is 19.3 Å². The minimum atomic E-state index is -4.35. The van der Waals surface area contributed by atoms with Crippen LogP contribution in [0.15, 0.2) is 0 Å². The van der Waals surface area contributed by atoms with E-state index in [1.165, 1.54) is 0 Å². The highest BCUT2D eigenvalue weighted by Crippen LogP contribution is 2.37. The zero-order chi connectivity index (χ0) is 14.8. The van der Waals surface area contributed by atoms with Gasteiger partial charge in [-0.25, -0.2) is 4.79 Å². The van der Waals surface area contributed by atoms with Crippen molar-refractivity contribution in [2.75, 3.05) is 0 Å². The molecule has 1 amide bonds. The molecule has 0 radical (unpaired) electrons. The van der Waals surface area contributed by atoms with Crippen LogP contribution in [-0.2, 0) is 4.74 Å². The van der Waals surface area contributed by atoms with Gasteiger partial charge in [0.05, 0.1) is 12.0 Å². The van der Waals surface area contributed by atoms with Crippen LogP contribution in [0.25, 0.3) is 0 Å². The molecule has 0 aromatic rings. The molecular weight excluding hydrogens is 263 g/mol. The number of carbonyl (C=O) groups excluding carboxylic acids is 1. The van der Waals surface area contributed by atoms with Crippen molar-refractivity contribution in [3.8, 4) is 0 Å². The summed E-state index contributed by atoms with van der Waals surface area (Å²) in [5, 5.41) is 11.9. The summed E-state index contributed by atoms with van der Waals surface area (Å²) in [6.07, 6.45) is -6.58. The van der Waals surface area contributed by atoms with Crippen molar-refractivity contribution < 1.29 is 27.8 Å². The van der Waals surface area contributed by atoms with Gasteiger partial charge in [-0.05, 0) is 40.0 Å². The van der Waals surface area contributed by atoms with Gasteiger partial charge in [0.1, 0.15) is 5.60 Å². The van der Waals surface area contributed by atoms with E-state index < -0.39 is 35.9 Å². The molecule has 0 heterocycles. The Hall–Kier alpha value is -0.980. The van der Waals surface area contributed by atoms with Crippen LogP contribution in [0.1, 0.15) is 40.0 Å². The first-order valence-corrected chi connectivity index (χ1v) is 6.21. The highest BCUT2D eigenvalue weighted by Gasteiger charge is 2.45. The summed E-state index contributed by atoms with van der Waals surface area (Å²) < 4.78 is 42.9. The van der Waals surface area contributed by atoms with Crippen LogP contribution in [0.5, 0.6) is 0 Å². The molecule has 112 valence electrons. The number of alkyl carbamates (subject to hydrolysis) is 1. The Morgan fingerprint density at radius 3 is 2.26 bits per heavy atom. The molecule has 0 unspecified atom stereocenters. The number of alkyl halides is 3. The van der Waals surface area contributed by atoms with Crippen molar-refractivity contribution in [3.63, 3.8) is 0 Å². The molecule has 1 aliphatic rings. The lowest BCUT2D eigenvalue weighted by atomic mass is 9.83. The summed E-state index contributed by atoms with van der Waals surface area (Å²) in [4.78, 5) is 11.5. The van der Waals surface area contributed by atoms with Gasteiger partial charge in [0.15, 0.2) is 0 Å². The number of hydrogen-bond donors (Lipinski definition) is 2. The number of ether oxygens (including phenoxy) is 1. The van der Waals surface area contributed by atoms with Gasteiger partial charge >= 0.3 is 12.3 Å². The second-order valence-corrected chi connectivity index (χ2v) is 5.94. The third kappa shape index (κ3) is 5.67. The molecule has 2 N–H and O–H groups in total. The monoisotopic (exact) mass is 283 g/mol. The van der Waals surface area contributed by atoms with Crippen molar-refractivity contribution in [2.24, 2.45) is 5.92 Å². The molecule has 0 bridgehead atoms. The van der Waals surface area contributed by atoms with E-state index in [1.807, 2.05) is 0 Å². The van der Waals surface area contributed by atoms with Crippen LogP contribution in [0, 0.1) is 5.92 Å². The summed E-state index contributed by atoms with van der Waals surface area (Å²) >= 11 is 0. The van der Waals surface area contributed by atoms with Gasteiger partial charge in [-0.3, -0.25) is 0 Å². The van der Waals surface area contributed by atoms with Gasteiger partial charge in [0, 0.05) is 6.04 Å². The fourth-order valence-electron chi connectivity index (χ4n) is 2.15. The second kappa shape index (κ2) is 5.56. The lowest BCUT2D eigenvalue weighted by Gasteiger charge is -2.34.